The molecule has 15 heteroatoms. The number of carbonyl (C=O) groups is 2. The highest BCUT2D eigenvalue weighted by molar-refractivity contribution is 5.70. The largest absolute Gasteiger partial charge is 0.462 e. The Morgan fingerprint density at radius 1 is 0.457 bits per heavy atom. The van der Waals surface area contributed by atoms with E-state index >= 15 is 0 Å². The first-order chi connectivity index (χ1) is 34.0. The van der Waals surface area contributed by atoms with Crippen LogP contribution in [0.2, 0.25) is 0 Å². The van der Waals surface area contributed by atoms with Crippen LogP contribution in [0.1, 0.15) is 155 Å². The summed E-state index contributed by atoms with van der Waals surface area (Å²) in [5, 5.41) is 72.1. The van der Waals surface area contributed by atoms with Crippen LogP contribution in [0.25, 0.3) is 0 Å². The van der Waals surface area contributed by atoms with Crippen LogP contribution < -0.4 is 0 Å². The Morgan fingerprint density at radius 2 is 0.871 bits per heavy atom. The standard InChI is InChI=1S/C55H90O15/c1-3-5-7-9-11-13-15-17-19-21-23-25-27-29-31-33-35-37-46(57)65-40-43(68-47(58)38-36-34-32-30-28-26-24-22-20-18-16-14-12-10-8-6-4-2)41-66-54-53(64)51(62)49(60)45(70-54)42-67-55-52(63)50(61)48(59)44(39-56)69-55/h11-14,17-20,23-26,29,31,43-45,48-56,59-64H,3-10,15-16,21-22,27-28,30,32-42H2,1-2H3/b13-11+,14-12+,19-17+,20-18+,25-23+,26-24+,31-29+/t43-,44+,45+,48-,49-,50?,51?,52?,53?,54+,55+/m0/s1. The Labute approximate surface area is 418 Å². The molecular formula is C55H90O15. The molecule has 2 aliphatic rings. The third-order valence-corrected chi connectivity index (χ3v) is 11.8. The predicted octanol–water partition coefficient (Wildman–Crippen LogP) is 7.60. The van der Waals surface area contributed by atoms with Gasteiger partial charge in [-0.2, -0.15) is 0 Å². The van der Waals surface area contributed by atoms with Gasteiger partial charge in [0.15, 0.2) is 18.7 Å². The first kappa shape index (κ1) is 62.8. The molecule has 15 nitrogen and oxygen atoms in total. The highest BCUT2D eigenvalue weighted by atomic mass is 16.7. The monoisotopic (exact) mass is 991 g/mol. The summed E-state index contributed by atoms with van der Waals surface area (Å²) in [6.45, 7) is 2.43. The van der Waals surface area contributed by atoms with Gasteiger partial charge in [-0.05, 0) is 89.9 Å². The first-order valence-electron chi connectivity index (χ1n) is 26.2. The van der Waals surface area contributed by atoms with Crippen molar-refractivity contribution in [1.29, 1.82) is 0 Å². The molecule has 0 aromatic heterocycles. The van der Waals surface area contributed by atoms with Crippen LogP contribution in [0.15, 0.2) is 85.1 Å². The number of rotatable bonds is 39. The van der Waals surface area contributed by atoms with Crippen molar-refractivity contribution in [3.05, 3.63) is 85.1 Å². The zero-order chi connectivity index (χ0) is 51.0. The van der Waals surface area contributed by atoms with E-state index in [0.29, 0.717) is 19.3 Å². The van der Waals surface area contributed by atoms with Gasteiger partial charge in [-0.3, -0.25) is 9.59 Å². The van der Waals surface area contributed by atoms with Gasteiger partial charge in [-0.15, -0.1) is 0 Å². The number of aliphatic hydroxyl groups is 7. The van der Waals surface area contributed by atoms with E-state index in [2.05, 4.69) is 86.8 Å². The molecule has 2 aliphatic heterocycles. The Bertz CT molecular complexity index is 1540. The number of carbonyl (C=O) groups excluding carboxylic acids is 2. The van der Waals surface area contributed by atoms with E-state index < -0.39 is 99.3 Å². The van der Waals surface area contributed by atoms with Crippen molar-refractivity contribution in [2.75, 3.05) is 26.4 Å². The quantitative estimate of drug-likeness (QED) is 0.0179. The van der Waals surface area contributed by atoms with Crippen molar-refractivity contribution in [1.82, 2.24) is 0 Å². The lowest BCUT2D eigenvalue weighted by Crippen LogP contribution is -2.61. The maximum Gasteiger partial charge on any atom is 0.306 e. The molecule has 0 spiro atoms. The zero-order valence-electron chi connectivity index (χ0n) is 42.2. The second-order valence-electron chi connectivity index (χ2n) is 18.0. The summed E-state index contributed by atoms with van der Waals surface area (Å²) >= 11 is 0. The zero-order valence-corrected chi connectivity index (χ0v) is 42.2. The van der Waals surface area contributed by atoms with Crippen LogP contribution in [-0.4, -0.2) is 142 Å². The lowest BCUT2D eigenvalue weighted by molar-refractivity contribution is -0.332. The number of ether oxygens (including phenoxy) is 6. The van der Waals surface area contributed by atoms with E-state index in [0.717, 1.165) is 70.6 Å². The average Bonchev–Trinajstić information content (AvgIpc) is 3.35. The molecule has 2 heterocycles. The number of hydrogen-bond acceptors (Lipinski definition) is 15. The van der Waals surface area contributed by atoms with Gasteiger partial charge in [0, 0.05) is 12.8 Å². The second kappa shape index (κ2) is 41.2. The molecule has 2 fully saturated rings. The number of hydrogen-bond donors (Lipinski definition) is 7. The van der Waals surface area contributed by atoms with E-state index in [4.69, 9.17) is 28.4 Å². The molecule has 0 radical (unpaired) electrons. The fourth-order valence-corrected chi connectivity index (χ4v) is 7.51. The highest BCUT2D eigenvalue weighted by Crippen LogP contribution is 2.26. The molecule has 11 atom stereocenters. The molecule has 0 amide bonds. The molecule has 0 saturated carbocycles. The first-order valence-corrected chi connectivity index (χ1v) is 26.2. The molecule has 0 aromatic carbocycles. The van der Waals surface area contributed by atoms with Gasteiger partial charge in [0.05, 0.1) is 19.8 Å². The third kappa shape index (κ3) is 28.7. The van der Waals surface area contributed by atoms with Crippen molar-refractivity contribution in [2.45, 2.75) is 223 Å². The molecule has 0 aromatic rings. The smallest absolute Gasteiger partial charge is 0.306 e. The third-order valence-electron chi connectivity index (χ3n) is 11.8. The van der Waals surface area contributed by atoms with Crippen LogP contribution >= 0.6 is 0 Å². The van der Waals surface area contributed by atoms with Crippen molar-refractivity contribution in [3.8, 4) is 0 Å². The molecule has 4 unspecified atom stereocenters. The van der Waals surface area contributed by atoms with E-state index in [1.54, 1.807) is 0 Å². The Hall–Kier alpha value is -3.32. The van der Waals surface area contributed by atoms with Crippen LogP contribution in [0.4, 0.5) is 0 Å². The van der Waals surface area contributed by atoms with Crippen molar-refractivity contribution in [2.24, 2.45) is 0 Å². The molecule has 0 bridgehead atoms. The Kier molecular flexibility index (Phi) is 36.9. The van der Waals surface area contributed by atoms with E-state index in [-0.39, 0.29) is 19.4 Å². The maximum atomic E-state index is 13.0. The van der Waals surface area contributed by atoms with E-state index in [1.165, 1.54) is 38.5 Å². The minimum Gasteiger partial charge on any atom is -0.462 e. The number of esters is 2. The molecule has 400 valence electrons. The lowest BCUT2D eigenvalue weighted by atomic mass is 9.98. The fraction of sp³-hybridized carbons (Fsp3) is 0.709. The van der Waals surface area contributed by atoms with Crippen molar-refractivity contribution >= 4 is 11.9 Å². The fourth-order valence-electron chi connectivity index (χ4n) is 7.51. The normalized spacial score (nSPS) is 26.1. The van der Waals surface area contributed by atoms with Gasteiger partial charge < -0.3 is 64.2 Å². The second-order valence-corrected chi connectivity index (χ2v) is 18.0. The highest BCUT2D eigenvalue weighted by Gasteiger charge is 2.47. The Morgan fingerprint density at radius 3 is 1.37 bits per heavy atom. The van der Waals surface area contributed by atoms with Crippen LogP contribution in [0.5, 0.6) is 0 Å². The molecule has 7 N–H and O–H groups in total. The van der Waals surface area contributed by atoms with E-state index in [1.807, 2.05) is 12.2 Å². The van der Waals surface area contributed by atoms with Crippen LogP contribution in [0, 0.1) is 0 Å². The van der Waals surface area contributed by atoms with Crippen LogP contribution in [-0.2, 0) is 38.0 Å². The van der Waals surface area contributed by atoms with E-state index in [9.17, 15) is 45.3 Å². The average molecular weight is 991 g/mol. The summed E-state index contributed by atoms with van der Waals surface area (Å²) in [6.07, 6.45) is 33.2. The summed E-state index contributed by atoms with van der Waals surface area (Å²) in [5.41, 5.74) is 0. The van der Waals surface area contributed by atoms with Gasteiger partial charge >= 0.3 is 11.9 Å². The van der Waals surface area contributed by atoms with Crippen LogP contribution in [0.3, 0.4) is 0 Å². The minimum atomic E-state index is -1.78. The Balaban J connectivity index is 1.85. The summed E-state index contributed by atoms with van der Waals surface area (Å²) in [6, 6.07) is 0. The van der Waals surface area contributed by atoms with Gasteiger partial charge in [0.2, 0.25) is 0 Å². The predicted molar refractivity (Wildman–Crippen MR) is 270 cm³/mol. The van der Waals surface area contributed by atoms with Gasteiger partial charge in [0.25, 0.3) is 0 Å². The molecular weight excluding hydrogens is 901 g/mol. The molecule has 2 saturated heterocycles. The molecule has 2 rings (SSSR count). The molecule has 70 heavy (non-hydrogen) atoms. The van der Waals surface area contributed by atoms with Gasteiger partial charge in [-0.25, -0.2) is 0 Å². The lowest BCUT2D eigenvalue weighted by Gasteiger charge is -2.42. The summed E-state index contributed by atoms with van der Waals surface area (Å²) < 4.78 is 33.5. The van der Waals surface area contributed by atoms with Gasteiger partial charge in [0.1, 0.15) is 55.4 Å². The summed E-state index contributed by atoms with van der Waals surface area (Å²) in [4.78, 5) is 25.8. The number of allylic oxidation sites excluding steroid dienone is 14. The molecule has 0 aliphatic carbocycles. The summed E-state index contributed by atoms with van der Waals surface area (Å²) in [7, 11) is 0. The number of aliphatic hydroxyl groups excluding tert-OH is 7. The summed E-state index contributed by atoms with van der Waals surface area (Å²) in [5.74, 6) is -1.02. The van der Waals surface area contributed by atoms with Gasteiger partial charge in [-0.1, -0.05) is 137 Å². The number of unbranched alkanes of at least 4 members (excludes halogenated alkanes) is 11. The van der Waals surface area contributed by atoms with Crippen molar-refractivity contribution in [3.63, 3.8) is 0 Å². The van der Waals surface area contributed by atoms with Crippen molar-refractivity contribution < 1.29 is 73.8 Å². The SMILES string of the molecule is CCCCC/C=C/C/C=C/C/C=C/C/C=C/CCCC(=O)OC[C@@H](CO[C@@H]1O[C@H](CO[C@@H]2O[C@H](CO)[C@H](O)C(O)C2O)[C@H](O)C(O)C1O)OC(=O)CCCCCC/C=C/C/C=C/C/C=C/CCCCC. The maximum absolute atomic E-state index is 13.0. The minimum absolute atomic E-state index is 0.123. The topological polar surface area (TPSA) is 231 Å².